The summed E-state index contributed by atoms with van der Waals surface area (Å²) in [6.07, 6.45) is 3.49. The molecular formula is C10H17ClNiO3. The SMILES string of the molecule is CCCCC(CC)C(=O)OC(=O)CCl.[Ni]. The van der Waals surface area contributed by atoms with Gasteiger partial charge in [0.2, 0.25) is 0 Å². The summed E-state index contributed by atoms with van der Waals surface area (Å²) < 4.78 is 4.54. The molecule has 0 aromatic carbocycles. The summed E-state index contributed by atoms with van der Waals surface area (Å²) in [5.74, 6) is -1.53. The van der Waals surface area contributed by atoms with Crippen molar-refractivity contribution < 1.29 is 30.8 Å². The summed E-state index contributed by atoms with van der Waals surface area (Å²) in [7, 11) is 0. The predicted octanol–water partition coefficient (Wildman–Crippen LogP) is 2.51. The van der Waals surface area contributed by atoms with E-state index in [9.17, 15) is 9.59 Å². The Morgan fingerprint density at radius 1 is 1.33 bits per heavy atom. The molecule has 0 N–H and O–H groups in total. The maximum Gasteiger partial charge on any atom is 0.328 e. The summed E-state index contributed by atoms with van der Waals surface area (Å²) >= 11 is 5.22. The van der Waals surface area contributed by atoms with Crippen LogP contribution in [0.1, 0.15) is 39.5 Å². The monoisotopic (exact) mass is 278 g/mol. The van der Waals surface area contributed by atoms with Gasteiger partial charge in [0.05, 0.1) is 5.92 Å². The van der Waals surface area contributed by atoms with Crippen LogP contribution in [0.5, 0.6) is 0 Å². The third-order valence-electron chi connectivity index (χ3n) is 2.06. The van der Waals surface area contributed by atoms with E-state index in [1.807, 2.05) is 6.92 Å². The first-order chi connectivity index (χ1) is 6.65. The molecule has 0 spiro atoms. The van der Waals surface area contributed by atoms with Gasteiger partial charge in [-0.3, -0.25) is 9.59 Å². The fourth-order valence-electron chi connectivity index (χ4n) is 1.16. The molecule has 3 nitrogen and oxygen atoms in total. The Hall–Kier alpha value is -0.0765. The van der Waals surface area contributed by atoms with Gasteiger partial charge in [-0.1, -0.05) is 26.7 Å². The minimum Gasteiger partial charge on any atom is -0.392 e. The van der Waals surface area contributed by atoms with E-state index in [-0.39, 0.29) is 28.3 Å². The van der Waals surface area contributed by atoms with Crippen molar-refractivity contribution in [1.82, 2.24) is 0 Å². The molecule has 0 saturated carbocycles. The van der Waals surface area contributed by atoms with E-state index in [1.165, 1.54) is 0 Å². The molecule has 15 heavy (non-hydrogen) atoms. The Labute approximate surface area is 106 Å². The molecule has 0 aliphatic carbocycles. The van der Waals surface area contributed by atoms with Crippen LogP contribution in [0.4, 0.5) is 0 Å². The largest absolute Gasteiger partial charge is 0.392 e. The van der Waals surface area contributed by atoms with Gasteiger partial charge < -0.3 is 4.74 Å². The van der Waals surface area contributed by atoms with Gasteiger partial charge in [-0.05, 0) is 12.8 Å². The molecule has 0 aliphatic heterocycles. The zero-order valence-electron chi connectivity index (χ0n) is 9.03. The predicted molar refractivity (Wildman–Crippen MR) is 55.1 cm³/mol. The van der Waals surface area contributed by atoms with Crippen LogP contribution in [0.25, 0.3) is 0 Å². The van der Waals surface area contributed by atoms with E-state index in [2.05, 4.69) is 11.7 Å². The van der Waals surface area contributed by atoms with Crippen molar-refractivity contribution in [1.29, 1.82) is 0 Å². The molecule has 0 heterocycles. The van der Waals surface area contributed by atoms with Gasteiger partial charge in [-0.2, -0.15) is 0 Å². The zero-order valence-corrected chi connectivity index (χ0v) is 10.8. The van der Waals surface area contributed by atoms with E-state index in [1.54, 1.807) is 0 Å². The number of halogens is 1. The Balaban J connectivity index is 0. The second kappa shape index (κ2) is 10.4. The van der Waals surface area contributed by atoms with Gasteiger partial charge in [0.25, 0.3) is 0 Å². The Morgan fingerprint density at radius 2 is 1.93 bits per heavy atom. The average molecular weight is 279 g/mol. The summed E-state index contributed by atoms with van der Waals surface area (Å²) in [6, 6.07) is 0. The van der Waals surface area contributed by atoms with E-state index < -0.39 is 11.9 Å². The van der Waals surface area contributed by atoms with E-state index in [0.717, 1.165) is 19.3 Å². The van der Waals surface area contributed by atoms with Crippen molar-refractivity contribution in [2.24, 2.45) is 5.92 Å². The van der Waals surface area contributed by atoms with E-state index in [4.69, 9.17) is 11.6 Å². The van der Waals surface area contributed by atoms with Crippen LogP contribution in [0, 0.1) is 5.92 Å². The molecule has 92 valence electrons. The summed E-state index contributed by atoms with van der Waals surface area (Å²) in [5, 5.41) is 0. The molecule has 0 rings (SSSR count). The second-order valence-corrected chi connectivity index (χ2v) is 3.44. The first kappa shape index (κ1) is 17.3. The number of unbranched alkanes of at least 4 members (excludes halogenated alkanes) is 1. The maximum absolute atomic E-state index is 11.3. The van der Waals surface area contributed by atoms with Gasteiger partial charge in [0, 0.05) is 16.5 Å². The molecule has 0 radical (unpaired) electrons. The summed E-state index contributed by atoms with van der Waals surface area (Å²) in [4.78, 5) is 22.1. The van der Waals surface area contributed by atoms with Crippen LogP contribution in [0.2, 0.25) is 0 Å². The molecule has 0 aliphatic rings. The molecule has 1 atom stereocenters. The van der Waals surface area contributed by atoms with Gasteiger partial charge in [0.1, 0.15) is 5.88 Å². The number of ether oxygens (including phenoxy) is 1. The minimum atomic E-state index is -0.661. The van der Waals surface area contributed by atoms with Crippen LogP contribution in [0.3, 0.4) is 0 Å². The van der Waals surface area contributed by atoms with Crippen molar-refractivity contribution >= 4 is 23.5 Å². The number of carbonyl (C=O) groups is 2. The normalized spacial score (nSPS) is 11.4. The van der Waals surface area contributed by atoms with Crippen molar-refractivity contribution in [2.75, 3.05) is 5.88 Å². The van der Waals surface area contributed by atoms with Crippen LogP contribution in [0.15, 0.2) is 0 Å². The van der Waals surface area contributed by atoms with Crippen molar-refractivity contribution in [3.63, 3.8) is 0 Å². The first-order valence-electron chi connectivity index (χ1n) is 4.96. The quantitative estimate of drug-likeness (QED) is 0.325. The average Bonchev–Trinajstić information content (AvgIpc) is 2.18. The van der Waals surface area contributed by atoms with Crippen LogP contribution in [-0.2, 0) is 30.8 Å². The van der Waals surface area contributed by atoms with Crippen LogP contribution < -0.4 is 0 Å². The summed E-state index contributed by atoms with van der Waals surface area (Å²) in [5.41, 5.74) is 0. The number of carbonyl (C=O) groups excluding carboxylic acids is 2. The number of alkyl halides is 1. The number of hydrogen-bond donors (Lipinski definition) is 0. The van der Waals surface area contributed by atoms with Crippen LogP contribution >= 0.6 is 11.6 Å². The fraction of sp³-hybridized carbons (Fsp3) is 0.800. The third-order valence-corrected chi connectivity index (χ3v) is 2.27. The molecule has 1 unspecified atom stereocenters. The number of hydrogen-bond acceptors (Lipinski definition) is 3. The molecule has 5 heteroatoms. The van der Waals surface area contributed by atoms with Crippen molar-refractivity contribution in [3.05, 3.63) is 0 Å². The van der Waals surface area contributed by atoms with Gasteiger partial charge in [-0.15, -0.1) is 11.6 Å². The third kappa shape index (κ3) is 7.81. The molecule has 0 aromatic rings. The molecule has 0 aromatic heterocycles. The molecule has 0 amide bonds. The topological polar surface area (TPSA) is 43.4 Å². The fourth-order valence-corrected chi connectivity index (χ4v) is 1.22. The standard InChI is InChI=1S/C10H17ClO3.Ni/c1-3-5-6-8(4-2)10(13)14-9(12)7-11;/h8H,3-7H2,1-2H3;. The maximum atomic E-state index is 11.3. The molecule has 0 fully saturated rings. The number of esters is 2. The van der Waals surface area contributed by atoms with E-state index >= 15 is 0 Å². The Kier molecular flexibility index (Phi) is 12.1. The van der Waals surface area contributed by atoms with Gasteiger partial charge >= 0.3 is 11.9 Å². The molecule has 0 saturated heterocycles. The summed E-state index contributed by atoms with van der Waals surface area (Å²) in [6.45, 7) is 3.97. The van der Waals surface area contributed by atoms with Crippen molar-refractivity contribution in [2.45, 2.75) is 39.5 Å². The van der Waals surface area contributed by atoms with Gasteiger partial charge in [0.15, 0.2) is 0 Å². The molecule has 0 bridgehead atoms. The Morgan fingerprint density at radius 3 is 2.33 bits per heavy atom. The number of rotatable bonds is 6. The Bertz CT molecular complexity index is 197. The second-order valence-electron chi connectivity index (χ2n) is 3.17. The smallest absolute Gasteiger partial charge is 0.328 e. The molecular weight excluding hydrogens is 262 g/mol. The van der Waals surface area contributed by atoms with Crippen LogP contribution in [-0.4, -0.2) is 17.8 Å². The first-order valence-corrected chi connectivity index (χ1v) is 5.49. The van der Waals surface area contributed by atoms with E-state index in [0.29, 0.717) is 6.42 Å². The van der Waals surface area contributed by atoms with Crippen molar-refractivity contribution in [3.8, 4) is 0 Å². The zero-order chi connectivity index (χ0) is 11.0. The van der Waals surface area contributed by atoms with Gasteiger partial charge in [-0.25, -0.2) is 0 Å². The minimum absolute atomic E-state index is 0.